The second kappa shape index (κ2) is 9.61. The summed E-state index contributed by atoms with van der Waals surface area (Å²) in [6, 6.07) is 16.6. The number of nitrogens with zero attached hydrogens (tertiary/aromatic N) is 3. The number of halogens is 1. The molecule has 150 valence electrons. The van der Waals surface area contributed by atoms with E-state index in [-0.39, 0.29) is 5.82 Å². The highest BCUT2D eigenvalue weighted by Gasteiger charge is 2.13. The molecule has 0 radical (unpaired) electrons. The molecule has 29 heavy (non-hydrogen) atoms. The van der Waals surface area contributed by atoms with Crippen LogP contribution in [0.25, 0.3) is 11.3 Å². The Morgan fingerprint density at radius 1 is 0.966 bits per heavy atom. The molecule has 4 rings (SSSR count). The van der Waals surface area contributed by atoms with Crippen molar-refractivity contribution < 1.29 is 4.39 Å². The summed E-state index contributed by atoms with van der Waals surface area (Å²) >= 11 is 0. The van der Waals surface area contributed by atoms with Crippen LogP contribution in [0.4, 0.5) is 4.39 Å². The maximum absolute atomic E-state index is 13.2. The summed E-state index contributed by atoms with van der Waals surface area (Å²) in [7, 11) is 0. The molecule has 5 heteroatoms. The summed E-state index contributed by atoms with van der Waals surface area (Å²) in [6.45, 7) is 2.15. The van der Waals surface area contributed by atoms with Gasteiger partial charge >= 0.3 is 0 Å². The van der Waals surface area contributed by atoms with Crippen molar-refractivity contribution >= 4 is 0 Å². The second-order valence-corrected chi connectivity index (χ2v) is 7.55. The van der Waals surface area contributed by atoms with Crippen molar-refractivity contribution in [3.8, 4) is 11.3 Å². The van der Waals surface area contributed by atoms with Gasteiger partial charge in [-0.05, 0) is 56.3 Å². The van der Waals surface area contributed by atoms with E-state index in [1.807, 2.05) is 18.2 Å². The number of allylic oxidation sites excluding steroid dienone is 1. The lowest BCUT2D eigenvalue weighted by Gasteiger charge is -2.12. The summed E-state index contributed by atoms with van der Waals surface area (Å²) in [5.74, 6) is -0.231. The SMILES string of the molecule is Fc1ccc(Cn2nc(CNCCC3=CCCCC3)c(-c3ccccc3)n2)cc1. The maximum atomic E-state index is 13.2. The Morgan fingerprint density at radius 2 is 1.79 bits per heavy atom. The quantitative estimate of drug-likeness (QED) is 0.429. The van der Waals surface area contributed by atoms with Gasteiger partial charge in [-0.2, -0.15) is 15.0 Å². The number of aromatic nitrogens is 3. The lowest BCUT2D eigenvalue weighted by molar-refractivity contribution is 0.572. The van der Waals surface area contributed by atoms with Crippen LogP contribution in [0.3, 0.4) is 0 Å². The van der Waals surface area contributed by atoms with E-state index in [9.17, 15) is 4.39 Å². The molecular weight excluding hydrogens is 363 g/mol. The first-order chi connectivity index (χ1) is 14.3. The zero-order valence-electron chi connectivity index (χ0n) is 16.6. The monoisotopic (exact) mass is 390 g/mol. The Morgan fingerprint density at radius 3 is 2.55 bits per heavy atom. The van der Waals surface area contributed by atoms with Gasteiger partial charge in [-0.3, -0.25) is 0 Å². The Labute approximate surface area is 171 Å². The van der Waals surface area contributed by atoms with Gasteiger partial charge in [-0.25, -0.2) is 4.39 Å². The lowest BCUT2D eigenvalue weighted by atomic mass is 9.97. The summed E-state index contributed by atoms with van der Waals surface area (Å²) in [6.07, 6.45) is 8.62. The van der Waals surface area contributed by atoms with Crippen LogP contribution in [-0.2, 0) is 13.1 Å². The molecule has 0 amide bonds. The zero-order chi connectivity index (χ0) is 19.9. The van der Waals surface area contributed by atoms with E-state index in [1.165, 1.54) is 37.8 Å². The maximum Gasteiger partial charge on any atom is 0.123 e. The van der Waals surface area contributed by atoms with Crippen LogP contribution in [0.5, 0.6) is 0 Å². The summed E-state index contributed by atoms with van der Waals surface area (Å²) in [4.78, 5) is 1.70. The predicted octanol–water partition coefficient (Wildman–Crippen LogP) is 5.11. The molecule has 4 nitrogen and oxygen atoms in total. The van der Waals surface area contributed by atoms with Crippen molar-refractivity contribution in [1.29, 1.82) is 0 Å². The van der Waals surface area contributed by atoms with E-state index in [1.54, 1.807) is 22.5 Å². The van der Waals surface area contributed by atoms with E-state index < -0.39 is 0 Å². The van der Waals surface area contributed by atoms with Crippen LogP contribution in [0.1, 0.15) is 43.4 Å². The van der Waals surface area contributed by atoms with E-state index in [0.717, 1.165) is 35.5 Å². The summed E-state index contributed by atoms with van der Waals surface area (Å²) < 4.78 is 13.2. The Kier molecular flexibility index (Phi) is 6.47. The summed E-state index contributed by atoms with van der Waals surface area (Å²) in [5.41, 5.74) is 5.45. The molecule has 1 aliphatic rings. The predicted molar refractivity (Wildman–Crippen MR) is 114 cm³/mol. The van der Waals surface area contributed by atoms with Gasteiger partial charge in [0.05, 0.1) is 6.54 Å². The fraction of sp³-hybridized carbons (Fsp3) is 0.333. The lowest BCUT2D eigenvalue weighted by Crippen LogP contribution is -2.17. The minimum Gasteiger partial charge on any atom is -0.311 e. The number of hydrogen-bond acceptors (Lipinski definition) is 3. The van der Waals surface area contributed by atoms with Crippen molar-refractivity contribution in [1.82, 2.24) is 20.3 Å². The Balaban J connectivity index is 1.45. The molecule has 0 fully saturated rings. The molecule has 0 spiro atoms. The van der Waals surface area contributed by atoms with Crippen LogP contribution in [0.2, 0.25) is 0 Å². The first-order valence-electron chi connectivity index (χ1n) is 10.4. The van der Waals surface area contributed by atoms with Crippen LogP contribution in [0, 0.1) is 5.82 Å². The fourth-order valence-corrected chi connectivity index (χ4v) is 3.73. The van der Waals surface area contributed by atoms with Gasteiger partial charge < -0.3 is 5.32 Å². The van der Waals surface area contributed by atoms with E-state index >= 15 is 0 Å². The molecule has 1 aliphatic carbocycles. The number of rotatable bonds is 8. The van der Waals surface area contributed by atoms with Crippen molar-refractivity contribution in [2.24, 2.45) is 0 Å². The first kappa shape index (κ1) is 19.5. The number of hydrogen-bond donors (Lipinski definition) is 1. The minimum absolute atomic E-state index is 0.231. The van der Waals surface area contributed by atoms with E-state index in [4.69, 9.17) is 10.2 Å². The standard InChI is InChI=1S/C24H27FN4/c25-22-13-11-20(12-14-22)18-29-27-23(24(28-29)21-9-5-2-6-10-21)17-26-16-15-19-7-3-1-4-8-19/h2,5-7,9-14,26H,1,3-4,8,15-18H2. The van der Waals surface area contributed by atoms with Crippen molar-refractivity contribution in [3.63, 3.8) is 0 Å². The van der Waals surface area contributed by atoms with Crippen LogP contribution in [0.15, 0.2) is 66.2 Å². The molecule has 2 aromatic carbocycles. The number of nitrogens with one attached hydrogen (secondary N) is 1. The van der Waals surface area contributed by atoms with Gasteiger partial charge in [0.2, 0.25) is 0 Å². The summed E-state index contributed by atoms with van der Waals surface area (Å²) in [5, 5.41) is 13.0. The molecule has 0 bridgehead atoms. The van der Waals surface area contributed by atoms with E-state index in [2.05, 4.69) is 23.5 Å². The van der Waals surface area contributed by atoms with Crippen molar-refractivity contribution in [2.75, 3.05) is 6.54 Å². The normalized spacial score (nSPS) is 14.0. The van der Waals surface area contributed by atoms with E-state index in [0.29, 0.717) is 13.1 Å². The highest BCUT2D eigenvalue weighted by molar-refractivity contribution is 5.60. The molecule has 0 saturated carbocycles. The average Bonchev–Trinajstić information content (AvgIpc) is 3.17. The molecule has 3 aromatic rings. The van der Waals surface area contributed by atoms with Gasteiger partial charge in [0.1, 0.15) is 17.2 Å². The molecule has 0 unspecified atom stereocenters. The average molecular weight is 391 g/mol. The second-order valence-electron chi connectivity index (χ2n) is 7.55. The molecule has 0 saturated heterocycles. The van der Waals surface area contributed by atoms with Crippen molar-refractivity contribution in [2.45, 2.75) is 45.2 Å². The zero-order valence-corrected chi connectivity index (χ0v) is 16.6. The molecule has 1 aromatic heterocycles. The van der Waals surface area contributed by atoms with Gasteiger partial charge in [0.25, 0.3) is 0 Å². The fourth-order valence-electron chi connectivity index (χ4n) is 3.73. The van der Waals surface area contributed by atoms with Crippen molar-refractivity contribution in [3.05, 3.63) is 83.3 Å². The first-order valence-corrected chi connectivity index (χ1v) is 10.4. The third kappa shape index (κ3) is 5.39. The molecule has 1 N–H and O–H groups in total. The largest absolute Gasteiger partial charge is 0.311 e. The highest BCUT2D eigenvalue weighted by Crippen LogP contribution is 2.21. The topological polar surface area (TPSA) is 42.7 Å². The molecule has 0 atom stereocenters. The van der Waals surface area contributed by atoms with Gasteiger partial charge in [0, 0.05) is 12.1 Å². The van der Waals surface area contributed by atoms with Gasteiger partial charge in [-0.1, -0.05) is 54.1 Å². The highest BCUT2D eigenvalue weighted by atomic mass is 19.1. The minimum atomic E-state index is -0.231. The van der Waals surface area contributed by atoms with Gasteiger partial charge in [0.15, 0.2) is 0 Å². The Hall–Kier alpha value is -2.79. The molecule has 1 heterocycles. The molecular formula is C24H27FN4. The number of benzene rings is 2. The third-order valence-corrected chi connectivity index (χ3v) is 5.31. The van der Waals surface area contributed by atoms with Crippen LogP contribution in [-0.4, -0.2) is 21.5 Å². The molecule has 0 aliphatic heterocycles. The third-order valence-electron chi connectivity index (χ3n) is 5.31. The smallest absolute Gasteiger partial charge is 0.123 e. The van der Waals surface area contributed by atoms with Gasteiger partial charge in [-0.15, -0.1) is 0 Å². The van der Waals surface area contributed by atoms with Crippen LogP contribution < -0.4 is 5.32 Å². The Bertz CT molecular complexity index is 945. The van der Waals surface area contributed by atoms with Crippen LogP contribution >= 0.6 is 0 Å².